The van der Waals surface area contributed by atoms with Gasteiger partial charge < -0.3 is 19.5 Å². The fourth-order valence-electron chi connectivity index (χ4n) is 3.76. The molecule has 1 saturated carbocycles. The van der Waals surface area contributed by atoms with E-state index in [9.17, 15) is 9.90 Å². The maximum Gasteiger partial charge on any atom is 0.210 e. The van der Waals surface area contributed by atoms with Crippen LogP contribution in [0.25, 0.3) is 0 Å². The van der Waals surface area contributed by atoms with E-state index < -0.39 is 0 Å². The lowest BCUT2D eigenvalue weighted by Crippen LogP contribution is -2.37. The van der Waals surface area contributed by atoms with E-state index in [-0.39, 0.29) is 24.7 Å². The molecule has 31 heavy (non-hydrogen) atoms. The lowest BCUT2D eigenvalue weighted by molar-refractivity contribution is -0.120. The molecule has 2 unspecified atom stereocenters. The number of methoxy groups -OCH3 is 1. The molecular formula is C26H31NO4. The Balaban J connectivity index is 1.93. The van der Waals surface area contributed by atoms with E-state index in [0.29, 0.717) is 18.0 Å². The van der Waals surface area contributed by atoms with Gasteiger partial charge in [0.25, 0.3) is 0 Å². The van der Waals surface area contributed by atoms with E-state index in [1.165, 1.54) is 12.8 Å². The number of benzene rings is 2. The first-order valence-electron chi connectivity index (χ1n) is 10.9. The number of ether oxygens (including phenoxy) is 2. The van der Waals surface area contributed by atoms with Gasteiger partial charge in [-0.3, -0.25) is 4.79 Å². The van der Waals surface area contributed by atoms with Gasteiger partial charge in [-0.2, -0.15) is 0 Å². The third kappa shape index (κ3) is 6.26. The topological polar surface area (TPSA) is 59.0 Å². The molecule has 1 aliphatic rings. The Hall–Kier alpha value is -2.97. The molecule has 1 aliphatic carbocycles. The third-order valence-electron chi connectivity index (χ3n) is 5.71. The molecule has 0 aliphatic heterocycles. The molecule has 2 aromatic carbocycles. The molecule has 0 aromatic heterocycles. The normalized spacial score (nSPS) is 15.5. The Morgan fingerprint density at radius 2 is 1.90 bits per heavy atom. The summed E-state index contributed by atoms with van der Waals surface area (Å²) in [6.45, 7) is 2.09. The Bertz CT molecular complexity index is 897. The lowest BCUT2D eigenvalue weighted by atomic mass is 9.97. The maximum atomic E-state index is 11.7. The zero-order valence-corrected chi connectivity index (χ0v) is 18.3. The second-order valence-electron chi connectivity index (χ2n) is 7.96. The van der Waals surface area contributed by atoms with Gasteiger partial charge in [0.1, 0.15) is 0 Å². The van der Waals surface area contributed by atoms with Crippen molar-refractivity contribution in [3.8, 4) is 23.3 Å². The SMILES string of the molecule is COc1ccc(C(C#Cc2ccccc2)CN(C=O)C(C)CO)cc1OC1CCCC1. The van der Waals surface area contributed by atoms with Crippen LogP contribution in [0.3, 0.4) is 0 Å². The van der Waals surface area contributed by atoms with Crippen LogP contribution in [-0.4, -0.2) is 48.8 Å². The van der Waals surface area contributed by atoms with Crippen LogP contribution in [0.2, 0.25) is 0 Å². The van der Waals surface area contributed by atoms with Crippen molar-refractivity contribution < 1.29 is 19.4 Å². The fourth-order valence-corrected chi connectivity index (χ4v) is 3.76. The van der Waals surface area contributed by atoms with E-state index in [0.717, 1.165) is 30.4 Å². The average Bonchev–Trinajstić information content (AvgIpc) is 3.32. The smallest absolute Gasteiger partial charge is 0.210 e. The summed E-state index contributed by atoms with van der Waals surface area (Å²) in [6.07, 6.45) is 5.46. The molecule has 0 radical (unpaired) electrons. The highest BCUT2D eigenvalue weighted by Crippen LogP contribution is 2.34. The van der Waals surface area contributed by atoms with E-state index in [1.54, 1.807) is 12.0 Å². The number of hydrogen-bond acceptors (Lipinski definition) is 4. The van der Waals surface area contributed by atoms with Crippen LogP contribution in [0, 0.1) is 11.8 Å². The van der Waals surface area contributed by atoms with Gasteiger partial charge in [0, 0.05) is 12.1 Å². The molecule has 0 heterocycles. The number of carbonyl (C=O) groups excluding carboxylic acids is 1. The minimum Gasteiger partial charge on any atom is -0.493 e. The standard InChI is InChI=1S/C26H31NO4/c1-20(18-28)27(19-29)17-23(13-12-21-8-4-3-5-9-21)22-14-15-25(30-2)26(16-22)31-24-10-6-7-11-24/h3-5,8-9,14-16,19-20,23-24,28H,6-7,10-11,17-18H2,1-2H3. The first-order chi connectivity index (χ1) is 15.1. The summed E-state index contributed by atoms with van der Waals surface area (Å²) in [7, 11) is 1.64. The predicted octanol–water partition coefficient (Wildman–Crippen LogP) is 3.99. The summed E-state index contributed by atoms with van der Waals surface area (Å²) in [4.78, 5) is 13.3. The second kappa shape index (κ2) is 11.4. The number of rotatable bonds is 9. The predicted molar refractivity (Wildman–Crippen MR) is 121 cm³/mol. The summed E-state index contributed by atoms with van der Waals surface area (Å²) < 4.78 is 11.8. The number of aliphatic hydroxyl groups excluding tert-OH is 1. The minimum atomic E-state index is -0.286. The number of aliphatic hydroxyl groups is 1. The number of nitrogens with zero attached hydrogens (tertiary/aromatic N) is 1. The van der Waals surface area contributed by atoms with E-state index in [1.807, 2.05) is 55.5 Å². The van der Waals surface area contributed by atoms with E-state index in [2.05, 4.69) is 11.8 Å². The summed E-state index contributed by atoms with van der Waals surface area (Å²) in [5, 5.41) is 9.53. The fraction of sp³-hybridized carbons (Fsp3) is 0.423. The molecule has 0 bridgehead atoms. The monoisotopic (exact) mass is 421 g/mol. The largest absolute Gasteiger partial charge is 0.493 e. The molecule has 2 atom stereocenters. The molecule has 0 spiro atoms. The Morgan fingerprint density at radius 1 is 1.16 bits per heavy atom. The quantitative estimate of drug-likeness (QED) is 0.491. The van der Waals surface area contributed by atoms with Gasteiger partial charge in [0.05, 0.1) is 31.8 Å². The molecule has 0 saturated heterocycles. The van der Waals surface area contributed by atoms with Crippen molar-refractivity contribution in [3.63, 3.8) is 0 Å². The molecule has 1 amide bonds. The average molecular weight is 422 g/mol. The Morgan fingerprint density at radius 3 is 2.55 bits per heavy atom. The van der Waals surface area contributed by atoms with Crippen LogP contribution in [0.5, 0.6) is 11.5 Å². The molecule has 1 fully saturated rings. The highest BCUT2D eigenvalue weighted by Gasteiger charge is 2.22. The summed E-state index contributed by atoms with van der Waals surface area (Å²) in [5.41, 5.74) is 1.87. The van der Waals surface area contributed by atoms with Crippen molar-refractivity contribution in [2.24, 2.45) is 0 Å². The number of hydrogen-bond donors (Lipinski definition) is 1. The number of amides is 1. The summed E-state index contributed by atoms with van der Waals surface area (Å²) in [6, 6.07) is 15.3. The van der Waals surface area contributed by atoms with Crippen LogP contribution in [-0.2, 0) is 4.79 Å². The van der Waals surface area contributed by atoms with Gasteiger partial charge in [-0.1, -0.05) is 36.1 Å². The van der Waals surface area contributed by atoms with Gasteiger partial charge in [-0.05, 0) is 62.4 Å². The van der Waals surface area contributed by atoms with Gasteiger partial charge in [0.15, 0.2) is 11.5 Å². The van der Waals surface area contributed by atoms with Crippen molar-refractivity contribution in [2.45, 2.75) is 50.7 Å². The van der Waals surface area contributed by atoms with Gasteiger partial charge in [-0.25, -0.2) is 0 Å². The summed E-state index contributed by atoms with van der Waals surface area (Å²) in [5.74, 6) is 7.72. The molecule has 2 aromatic rings. The molecule has 164 valence electrons. The molecule has 3 rings (SSSR count). The highest BCUT2D eigenvalue weighted by atomic mass is 16.5. The molecule has 5 nitrogen and oxygen atoms in total. The van der Waals surface area contributed by atoms with Crippen molar-refractivity contribution in [2.75, 3.05) is 20.3 Å². The van der Waals surface area contributed by atoms with Crippen molar-refractivity contribution in [1.29, 1.82) is 0 Å². The second-order valence-corrected chi connectivity index (χ2v) is 7.96. The molecule has 5 heteroatoms. The lowest BCUT2D eigenvalue weighted by Gasteiger charge is -2.27. The maximum absolute atomic E-state index is 11.7. The molecule has 1 N–H and O–H groups in total. The zero-order valence-electron chi connectivity index (χ0n) is 18.3. The summed E-state index contributed by atoms with van der Waals surface area (Å²) >= 11 is 0. The Kier molecular flexibility index (Phi) is 8.37. The van der Waals surface area contributed by atoms with Crippen LogP contribution < -0.4 is 9.47 Å². The van der Waals surface area contributed by atoms with Crippen LogP contribution >= 0.6 is 0 Å². The van der Waals surface area contributed by atoms with Gasteiger partial charge in [-0.15, -0.1) is 0 Å². The van der Waals surface area contributed by atoms with Crippen molar-refractivity contribution in [3.05, 3.63) is 59.7 Å². The van der Waals surface area contributed by atoms with E-state index >= 15 is 0 Å². The molecular weight excluding hydrogens is 390 g/mol. The van der Waals surface area contributed by atoms with Crippen molar-refractivity contribution in [1.82, 2.24) is 4.90 Å². The van der Waals surface area contributed by atoms with Gasteiger partial charge >= 0.3 is 0 Å². The van der Waals surface area contributed by atoms with Crippen molar-refractivity contribution >= 4 is 6.41 Å². The first kappa shape index (κ1) is 22.7. The number of carbonyl (C=O) groups is 1. The van der Waals surface area contributed by atoms with Crippen LogP contribution in [0.4, 0.5) is 0 Å². The van der Waals surface area contributed by atoms with Crippen LogP contribution in [0.1, 0.15) is 49.7 Å². The first-order valence-corrected chi connectivity index (χ1v) is 10.9. The van der Waals surface area contributed by atoms with Crippen LogP contribution in [0.15, 0.2) is 48.5 Å². The zero-order chi connectivity index (χ0) is 22.1. The Labute approximate surface area is 185 Å². The van der Waals surface area contributed by atoms with Gasteiger partial charge in [0.2, 0.25) is 6.41 Å². The highest BCUT2D eigenvalue weighted by molar-refractivity contribution is 5.50. The van der Waals surface area contributed by atoms with E-state index in [4.69, 9.17) is 9.47 Å². The minimum absolute atomic E-state index is 0.101. The third-order valence-corrected chi connectivity index (χ3v) is 5.71.